The summed E-state index contributed by atoms with van der Waals surface area (Å²) < 4.78 is 21.4. The van der Waals surface area contributed by atoms with Gasteiger partial charge in [0.1, 0.15) is 17.1 Å². The predicted molar refractivity (Wildman–Crippen MR) is 87.7 cm³/mol. The molecule has 8 heteroatoms. The van der Waals surface area contributed by atoms with Crippen molar-refractivity contribution in [3.63, 3.8) is 0 Å². The van der Waals surface area contributed by atoms with E-state index in [9.17, 15) is 14.8 Å². The van der Waals surface area contributed by atoms with Crippen LogP contribution in [-0.4, -0.2) is 45.1 Å². The van der Waals surface area contributed by atoms with E-state index in [1.807, 2.05) is 13.0 Å². The number of anilines is 1. The van der Waals surface area contributed by atoms with Crippen LogP contribution in [0, 0.1) is 17.1 Å². The Balaban J connectivity index is 1.77. The van der Waals surface area contributed by atoms with Crippen LogP contribution < -0.4 is 5.32 Å². The molecule has 2 aromatic rings. The number of nitrogens with one attached hydrogen (secondary N) is 1. The van der Waals surface area contributed by atoms with Gasteiger partial charge in [-0.1, -0.05) is 6.92 Å². The van der Waals surface area contributed by atoms with Gasteiger partial charge >= 0.3 is 0 Å². The predicted octanol–water partition coefficient (Wildman–Crippen LogP) is 1.74. The number of aliphatic hydroxyl groups is 1. The molecule has 1 aliphatic heterocycles. The number of fused-ring (bicyclic) bond motifs is 1. The average molecular weight is 345 g/mol. The minimum absolute atomic E-state index is 0.0666. The van der Waals surface area contributed by atoms with E-state index in [1.54, 1.807) is 0 Å². The van der Waals surface area contributed by atoms with Crippen molar-refractivity contribution in [2.75, 3.05) is 18.5 Å². The van der Waals surface area contributed by atoms with Gasteiger partial charge in [-0.3, -0.25) is 0 Å². The van der Waals surface area contributed by atoms with Gasteiger partial charge in [0.15, 0.2) is 5.82 Å². The molecule has 0 aromatic carbocycles. The number of hydrogen-bond acceptors (Lipinski definition) is 6. The molecule has 0 unspecified atom stereocenters. The van der Waals surface area contributed by atoms with Crippen LogP contribution in [0.4, 0.5) is 10.3 Å². The Morgan fingerprint density at radius 1 is 1.56 bits per heavy atom. The number of aliphatic hydroxyl groups excluding tert-OH is 1. The van der Waals surface area contributed by atoms with Gasteiger partial charge < -0.3 is 15.2 Å². The van der Waals surface area contributed by atoms with Crippen LogP contribution in [0.2, 0.25) is 0 Å². The fourth-order valence-electron chi connectivity index (χ4n) is 3.63. The van der Waals surface area contributed by atoms with Crippen LogP contribution in [-0.2, 0) is 10.2 Å². The van der Waals surface area contributed by atoms with Gasteiger partial charge in [0, 0.05) is 12.0 Å². The summed E-state index contributed by atoms with van der Waals surface area (Å²) in [5, 5.41) is 27.0. The lowest BCUT2D eigenvalue weighted by Crippen LogP contribution is -2.42. The highest BCUT2D eigenvalue weighted by Crippen LogP contribution is 2.52. The largest absolute Gasteiger partial charge is 0.389 e. The van der Waals surface area contributed by atoms with Gasteiger partial charge in [-0.05, 0) is 25.7 Å². The third-order valence-electron chi connectivity index (χ3n) is 5.41. The first-order chi connectivity index (χ1) is 12.1. The monoisotopic (exact) mass is 345 g/mol. The fourth-order valence-corrected chi connectivity index (χ4v) is 3.63. The van der Waals surface area contributed by atoms with Crippen LogP contribution in [0.25, 0.3) is 5.52 Å². The first-order valence-electron chi connectivity index (χ1n) is 8.60. The Labute approximate surface area is 144 Å². The molecule has 132 valence electrons. The van der Waals surface area contributed by atoms with Crippen LogP contribution in [0.1, 0.15) is 43.9 Å². The van der Waals surface area contributed by atoms with Crippen molar-refractivity contribution in [2.45, 2.75) is 50.2 Å². The highest BCUT2D eigenvalue weighted by Gasteiger charge is 2.48. The molecule has 2 aliphatic rings. The van der Waals surface area contributed by atoms with Crippen molar-refractivity contribution in [1.29, 1.82) is 5.26 Å². The van der Waals surface area contributed by atoms with Crippen molar-refractivity contribution in [1.82, 2.24) is 14.6 Å². The summed E-state index contributed by atoms with van der Waals surface area (Å²) in [5.74, 6) is -0.249. The molecule has 1 saturated heterocycles. The van der Waals surface area contributed by atoms with Gasteiger partial charge in [-0.2, -0.15) is 5.26 Å². The highest BCUT2D eigenvalue weighted by atomic mass is 19.1. The van der Waals surface area contributed by atoms with E-state index in [2.05, 4.69) is 15.4 Å². The SMILES string of the molecule is CCC1(c2c(C#N)c(F)c3cnc(N[C@@H]4CCOC[C@H]4O)nn23)CC1. The second-order valence-electron chi connectivity index (χ2n) is 6.84. The smallest absolute Gasteiger partial charge is 0.241 e. The molecule has 1 aliphatic carbocycles. The molecule has 4 rings (SSSR count). The molecule has 7 nitrogen and oxygen atoms in total. The van der Waals surface area contributed by atoms with Crippen LogP contribution in [0.5, 0.6) is 0 Å². The van der Waals surface area contributed by atoms with Crippen molar-refractivity contribution in [2.24, 2.45) is 0 Å². The Morgan fingerprint density at radius 3 is 3.00 bits per heavy atom. The summed E-state index contributed by atoms with van der Waals surface area (Å²) in [5.41, 5.74) is 0.742. The van der Waals surface area contributed by atoms with Gasteiger partial charge in [0.05, 0.1) is 30.6 Å². The maximum atomic E-state index is 14.6. The van der Waals surface area contributed by atoms with Gasteiger partial charge in [0.2, 0.25) is 5.95 Å². The Kier molecular flexibility index (Phi) is 3.85. The zero-order valence-electron chi connectivity index (χ0n) is 14.0. The van der Waals surface area contributed by atoms with E-state index in [0.29, 0.717) is 24.7 Å². The molecular formula is C17H20FN5O2. The van der Waals surface area contributed by atoms with E-state index < -0.39 is 11.9 Å². The third kappa shape index (κ3) is 2.55. The second kappa shape index (κ2) is 5.93. The second-order valence-corrected chi connectivity index (χ2v) is 6.84. The standard InChI is InChI=1S/C17H20FN5O2/c1-2-17(4-5-17)15-10(7-19)14(18)12-8-20-16(22-23(12)15)21-11-3-6-25-9-13(11)24/h8,11,13,24H,2-6,9H2,1H3,(H,21,22)/t11-,13-/m1/s1. The van der Waals surface area contributed by atoms with E-state index in [1.165, 1.54) is 10.7 Å². The maximum Gasteiger partial charge on any atom is 0.241 e. The lowest BCUT2D eigenvalue weighted by molar-refractivity contribution is -0.0136. The zero-order valence-corrected chi connectivity index (χ0v) is 14.0. The van der Waals surface area contributed by atoms with E-state index in [-0.39, 0.29) is 29.1 Å². The van der Waals surface area contributed by atoms with Crippen LogP contribution >= 0.6 is 0 Å². The van der Waals surface area contributed by atoms with Gasteiger partial charge in [-0.25, -0.2) is 13.9 Å². The minimum atomic E-state index is -0.644. The number of halogens is 1. The molecule has 2 atom stereocenters. The Morgan fingerprint density at radius 2 is 2.36 bits per heavy atom. The van der Waals surface area contributed by atoms with Crippen molar-refractivity contribution >= 4 is 11.5 Å². The molecule has 0 amide bonds. The molecule has 3 heterocycles. The fraction of sp³-hybridized carbons (Fsp3) is 0.588. The molecule has 2 N–H and O–H groups in total. The van der Waals surface area contributed by atoms with E-state index in [4.69, 9.17) is 4.74 Å². The summed E-state index contributed by atoms with van der Waals surface area (Å²) >= 11 is 0. The minimum Gasteiger partial charge on any atom is -0.389 e. The quantitative estimate of drug-likeness (QED) is 0.876. The van der Waals surface area contributed by atoms with Crippen LogP contribution in [0.15, 0.2) is 6.20 Å². The molecule has 0 bridgehead atoms. The topological polar surface area (TPSA) is 95.5 Å². The number of rotatable bonds is 4. The normalized spacial score (nSPS) is 24.9. The molecule has 25 heavy (non-hydrogen) atoms. The van der Waals surface area contributed by atoms with E-state index >= 15 is 0 Å². The molecule has 0 radical (unpaired) electrons. The number of aromatic nitrogens is 3. The first-order valence-corrected chi connectivity index (χ1v) is 8.60. The van der Waals surface area contributed by atoms with Crippen molar-refractivity contribution < 1.29 is 14.2 Å². The Bertz CT molecular complexity index is 855. The molecule has 2 aromatic heterocycles. The first kappa shape index (κ1) is 16.2. The number of nitriles is 1. The van der Waals surface area contributed by atoms with Crippen LogP contribution in [0.3, 0.4) is 0 Å². The summed E-state index contributed by atoms with van der Waals surface area (Å²) in [7, 11) is 0. The molecular weight excluding hydrogens is 325 g/mol. The highest BCUT2D eigenvalue weighted by molar-refractivity contribution is 5.60. The molecule has 1 saturated carbocycles. The zero-order chi connectivity index (χ0) is 17.6. The lowest BCUT2D eigenvalue weighted by atomic mass is 9.96. The number of nitrogens with zero attached hydrogens (tertiary/aromatic N) is 4. The summed E-state index contributed by atoms with van der Waals surface area (Å²) in [6, 6.07) is 1.78. The summed E-state index contributed by atoms with van der Waals surface area (Å²) in [6.07, 6.45) is 4.07. The maximum absolute atomic E-state index is 14.6. The summed E-state index contributed by atoms with van der Waals surface area (Å²) in [6.45, 7) is 2.86. The van der Waals surface area contributed by atoms with Gasteiger partial charge in [0.25, 0.3) is 0 Å². The van der Waals surface area contributed by atoms with Crippen molar-refractivity contribution in [3.05, 3.63) is 23.3 Å². The summed E-state index contributed by atoms with van der Waals surface area (Å²) in [4.78, 5) is 4.17. The van der Waals surface area contributed by atoms with E-state index in [0.717, 1.165) is 19.3 Å². The lowest BCUT2D eigenvalue weighted by Gasteiger charge is -2.28. The van der Waals surface area contributed by atoms with Gasteiger partial charge in [-0.15, -0.1) is 5.10 Å². The van der Waals surface area contributed by atoms with Crippen molar-refractivity contribution in [3.8, 4) is 6.07 Å². The Hall–Kier alpha value is -2.24. The third-order valence-corrected chi connectivity index (χ3v) is 5.41. The number of hydrogen-bond donors (Lipinski definition) is 2. The molecule has 2 fully saturated rings. The molecule has 0 spiro atoms. The average Bonchev–Trinajstić information content (AvgIpc) is 3.36. The number of ether oxygens (including phenoxy) is 1.